The van der Waals surface area contributed by atoms with Gasteiger partial charge < -0.3 is 13.6 Å². The lowest BCUT2D eigenvalue weighted by Gasteiger charge is -2.20. The monoisotopic (exact) mass is 722 g/mol. The van der Waals surface area contributed by atoms with Crippen LogP contribution in [0.4, 0.5) is 0 Å². The average molecular weight is 723 g/mol. The molecule has 0 fully saturated rings. The number of phosphoric ester groups is 1. The number of benzene rings is 6. The van der Waals surface area contributed by atoms with Crippen molar-refractivity contribution < 1.29 is 18.1 Å². The molecule has 5 heteroatoms. The van der Waals surface area contributed by atoms with E-state index >= 15 is 0 Å². The summed E-state index contributed by atoms with van der Waals surface area (Å²) >= 11 is 0. The molecule has 6 aromatic carbocycles. The van der Waals surface area contributed by atoms with Gasteiger partial charge in [-0.1, -0.05) is 172 Å². The first-order chi connectivity index (χ1) is 24.9. The van der Waals surface area contributed by atoms with Crippen LogP contribution in [0.15, 0.2) is 146 Å². The van der Waals surface area contributed by atoms with Crippen LogP contribution in [0.1, 0.15) is 79.0 Å². The second kappa shape index (κ2) is 14.8. The number of hydrogen-bond acceptors (Lipinski definition) is 4. The van der Waals surface area contributed by atoms with E-state index in [-0.39, 0.29) is 16.2 Å². The summed E-state index contributed by atoms with van der Waals surface area (Å²) in [4.78, 5) is 0. The molecule has 0 heterocycles. The standard InChI is InChI=1S/C48H51O4P/c1-46(2,3)40-22-10-34(11-23-40)37-16-28-43(29-17-37)50-53(49,51-44-30-18-38(19-31-44)35-12-24-41(25-13-35)47(4,5)6)52-45-32-20-39(21-33-45)36-14-26-42(27-15-36)48(7,8)9/h10-33H,1-9H3. The zero-order valence-corrected chi connectivity index (χ0v) is 33.3. The van der Waals surface area contributed by atoms with E-state index < -0.39 is 7.82 Å². The molecule has 6 rings (SSSR count). The zero-order valence-electron chi connectivity index (χ0n) is 32.4. The molecule has 0 amide bonds. The Balaban J connectivity index is 1.24. The van der Waals surface area contributed by atoms with E-state index in [1.54, 1.807) is 36.4 Å². The predicted octanol–water partition coefficient (Wildman–Crippen LogP) is 14.2. The Hall–Kier alpha value is -5.05. The van der Waals surface area contributed by atoms with Gasteiger partial charge in [0.05, 0.1) is 0 Å². The molecule has 0 saturated carbocycles. The predicted molar refractivity (Wildman–Crippen MR) is 221 cm³/mol. The number of rotatable bonds is 9. The SMILES string of the molecule is CC(C)(C)c1ccc(-c2ccc(OP(=O)(Oc3ccc(-c4ccc(C(C)(C)C)cc4)cc3)Oc3ccc(-c4ccc(C(C)(C)C)cc4)cc3)cc2)cc1. The minimum absolute atomic E-state index is 0.0768. The van der Waals surface area contributed by atoms with Gasteiger partial charge in [0, 0.05) is 0 Å². The molecule has 272 valence electrons. The topological polar surface area (TPSA) is 44.8 Å². The fraction of sp³-hybridized carbons (Fsp3) is 0.250. The maximum Gasteiger partial charge on any atom is 0.647 e. The minimum Gasteiger partial charge on any atom is -0.386 e. The Bertz CT molecular complexity index is 1910. The van der Waals surface area contributed by atoms with Crippen molar-refractivity contribution in [2.45, 2.75) is 78.6 Å². The van der Waals surface area contributed by atoms with Gasteiger partial charge in [-0.3, -0.25) is 0 Å². The Labute approximate surface area is 316 Å². The summed E-state index contributed by atoms with van der Waals surface area (Å²) in [6, 6.07) is 48.2. The molecule has 53 heavy (non-hydrogen) atoms. The van der Waals surface area contributed by atoms with Crippen LogP contribution >= 0.6 is 7.82 Å². The first kappa shape index (κ1) is 37.7. The summed E-state index contributed by atoms with van der Waals surface area (Å²) in [5, 5.41) is 0. The van der Waals surface area contributed by atoms with Crippen LogP contribution < -0.4 is 13.6 Å². The largest absolute Gasteiger partial charge is 0.647 e. The van der Waals surface area contributed by atoms with E-state index in [0.29, 0.717) is 17.2 Å². The van der Waals surface area contributed by atoms with Gasteiger partial charge in [-0.05, 0) is 103 Å². The molecule has 4 nitrogen and oxygen atoms in total. The molecule has 0 radical (unpaired) electrons. The quantitative estimate of drug-likeness (QED) is 0.139. The van der Waals surface area contributed by atoms with Crippen molar-refractivity contribution in [2.75, 3.05) is 0 Å². The van der Waals surface area contributed by atoms with Gasteiger partial charge in [-0.15, -0.1) is 0 Å². The molecule has 0 N–H and O–H groups in total. The third kappa shape index (κ3) is 9.50. The second-order valence-corrected chi connectivity index (χ2v) is 18.2. The molecule has 0 atom stereocenters. The number of phosphoric acid groups is 1. The van der Waals surface area contributed by atoms with Gasteiger partial charge in [0.15, 0.2) is 0 Å². The maximum absolute atomic E-state index is 14.5. The fourth-order valence-electron chi connectivity index (χ4n) is 6.06. The summed E-state index contributed by atoms with van der Waals surface area (Å²) in [6.45, 7) is 19.8. The lowest BCUT2D eigenvalue weighted by molar-refractivity contribution is 0.298. The van der Waals surface area contributed by atoms with Crippen LogP contribution in [0.25, 0.3) is 33.4 Å². The van der Waals surface area contributed by atoms with Crippen LogP contribution in [0.2, 0.25) is 0 Å². The molecule has 0 aliphatic carbocycles. The molecule has 0 spiro atoms. The van der Waals surface area contributed by atoms with Gasteiger partial charge in [0.2, 0.25) is 0 Å². The van der Waals surface area contributed by atoms with Crippen LogP contribution in [0.3, 0.4) is 0 Å². The van der Waals surface area contributed by atoms with E-state index in [1.807, 2.05) is 36.4 Å². The Morgan fingerprint density at radius 1 is 0.302 bits per heavy atom. The van der Waals surface area contributed by atoms with E-state index in [4.69, 9.17) is 13.6 Å². The highest BCUT2D eigenvalue weighted by Crippen LogP contribution is 2.50. The van der Waals surface area contributed by atoms with E-state index in [0.717, 1.165) is 33.4 Å². The molecule has 0 aliphatic heterocycles. The highest BCUT2D eigenvalue weighted by molar-refractivity contribution is 7.49. The van der Waals surface area contributed by atoms with Crippen molar-refractivity contribution in [3.05, 3.63) is 162 Å². The third-order valence-electron chi connectivity index (χ3n) is 9.47. The van der Waals surface area contributed by atoms with Gasteiger partial charge in [-0.2, -0.15) is 4.57 Å². The van der Waals surface area contributed by atoms with Crippen molar-refractivity contribution in [3.63, 3.8) is 0 Å². The molecule has 0 aliphatic rings. The van der Waals surface area contributed by atoms with E-state index in [2.05, 4.69) is 135 Å². The van der Waals surface area contributed by atoms with Crippen LogP contribution in [0.5, 0.6) is 17.2 Å². The normalized spacial score (nSPS) is 12.3. The van der Waals surface area contributed by atoms with Crippen molar-refractivity contribution in [1.82, 2.24) is 0 Å². The van der Waals surface area contributed by atoms with Gasteiger partial charge in [-0.25, -0.2) is 0 Å². The molecular formula is C48H51O4P. The first-order valence-electron chi connectivity index (χ1n) is 18.3. The van der Waals surface area contributed by atoms with Crippen molar-refractivity contribution >= 4 is 7.82 Å². The van der Waals surface area contributed by atoms with Crippen molar-refractivity contribution in [3.8, 4) is 50.6 Å². The molecule has 0 aromatic heterocycles. The Kier molecular flexibility index (Phi) is 10.5. The Morgan fingerprint density at radius 3 is 0.642 bits per heavy atom. The van der Waals surface area contributed by atoms with Crippen molar-refractivity contribution in [1.29, 1.82) is 0 Å². The van der Waals surface area contributed by atoms with E-state index in [9.17, 15) is 4.57 Å². The summed E-state index contributed by atoms with van der Waals surface area (Å²) in [5.41, 5.74) is 10.4. The lowest BCUT2D eigenvalue weighted by Crippen LogP contribution is -2.10. The lowest BCUT2D eigenvalue weighted by atomic mass is 9.86. The second-order valence-electron chi connectivity index (χ2n) is 16.8. The third-order valence-corrected chi connectivity index (χ3v) is 10.8. The molecule has 0 unspecified atom stereocenters. The molecule has 0 saturated heterocycles. The number of hydrogen-bond donors (Lipinski definition) is 0. The van der Waals surface area contributed by atoms with Crippen LogP contribution in [-0.4, -0.2) is 0 Å². The zero-order chi connectivity index (χ0) is 38.0. The molecule has 6 aromatic rings. The average Bonchev–Trinajstić information content (AvgIpc) is 3.12. The maximum atomic E-state index is 14.5. The molecule has 0 bridgehead atoms. The Morgan fingerprint density at radius 2 is 0.472 bits per heavy atom. The van der Waals surface area contributed by atoms with Crippen LogP contribution in [0, 0.1) is 0 Å². The fourth-order valence-corrected chi connectivity index (χ4v) is 7.31. The van der Waals surface area contributed by atoms with Gasteiger partial charge in [0.25, 0.3) is 0 Å². The highest BCUT2D eigenvalue weighted by atomic mass is 31.2. The van der Waals surface area contributed by atoms with Gasteiger partial charge in [0.1, 0.15) is 17.2 Å². The van der Waals surface area contributed by atoms with Gasteiger partial charge >= 0.3 is 7.82 Å². The van der Waals surface area contributed by atoms with E-state index in [1.165, 1.54) is 16.7 Å². The summed E-state index contributed by atoms with van der Waals surface area (Å²) in [6.07, 6.45) is 0. The summed E-state index contributed by atoms with van der Waals surface area (Å²) in [7, 11) is -4.22. The summed E-state index contributed by atoms with van der Waals surface area (Å²) < 4.78 is 32.8. The minimum atomic E-state index is -4.22. The smallest absolute Gasteiger partial charge is 0.386 e. The van der Waals surface area contributed by atoms with Crippen molar-refractivity contribution in [2.24, 2.45) is 0 Å². The highest BCUT2D eigenvalue weighted by Gasteiger charge is 2.33. The summed E-state index contributed by atoms with van der Waals surface area (Å²) in [5.74, 6) is 1.11. The van der Waals surface area contributed by atoms with Crippen LogP contribution in [-0.2, 0) is 20.8 Å². The first-order valence-corrected chi connectivity index (χ1v) is 19.7. The molecular weight excluding hydrogens is 671 g/mol.